The van der Waals surface area contributed by atoms with Crippen molar-refractivity contribution in [2.45, 2.75) is 71.1 Å². The van der Waals surface area contributed by atoms with Crippen molar-refractivity contribution in [3.63, 3.8) is 0 Å². The van der Waals surface area contributed by atoms with Crippen molar-refractivity contribution in [3.8, 4) is 0 Å². The Labute approximate surface area is 101 Å². The lowest BCUT2D eigenvalue weighted by molar-refractivity contribution is 0.563. The lowest BCUT2D eigenvalue weighted by Crippen LogP contribution is -2.02. The van der Waals surface area contributed by atoms with Gasteiger partial charge in [0, 0.05) is 5.88 Å². The molecule has 0 atom stereocenters. The number of halogens is 1. The Morgan fingerprint density at radius 2 is 1.00 bits per heavy atom. The van der Waals surface area contributed by atoms with Crippen LogP contribution in [0.15, 0.2) is 0 Å². The maximum Gasteiger partial charge on any atom is 0.0223 e. The number of hydrazine groups is 1. The fraction of sp³-hybridized carbons (Fsp3) is 1.00. The van der Waals surface area contributed by atoms with Gasteiger partial charge in [0.1, 0.15) is 0 Å². The number of unbranched alkanes of at least 4 members (excludes halogenated alkanes) is 9. The van der Waals surface area contributed by atoms with Crippen LogP contribution in [0, 0.1) is 0 Å². The van der Waals surface area contributed by atoms with Gasteiger partial charge in [0.15, 0.2) is 0 Å². The third-order valence-corrected chi connectivity index (χ3v) is 2.75. The first kappa shape index (κ1) is 17.6. The summed E-state index contributed by atoms with van der Waals surface area (Å²) in [7, 11) is 0. The highest BCUT2D eigenvalue weighted by molar-refractivity contribution is 6.17. The van der Waals surface area contributed by atoms with E-state index in [1.54, 1.807) is 0 Å². The molecule has 0 aliphatic heterocycles. The Hall–Kier alpha value is 0.210. The van der Waals surface area contributed by atoms with Crippen LogP contribution < -0.4 is 11.7 Å². The summed E-state index contributed by atoms with van der Waals surface area (Å²) in [5, 5.41) is 0. The minimum absolute atomic E-state index is 0.844. The number of alkyl halides is 1. The molecule has 0 bridgehead atoms. The summed E-state index contributed by atoms with van der Waals surface area (Å²) in [6.07, 6.45) is 13.9. The van der Waals surface area contributed by atoms with Crippen LogP contribution in [0.25, 0.3) is 0 Å². The van der Waals surface area contributed by atoms with E-state index in [0.29, 0.717) is 0 Å². The SMILES string of the molecule is CCCCCCCCCCCCCl.NN. The average molecular weight is 237 g/mol. The molecule has 0 fully saturated rings. The van der Waals surface area contributed by atoms with E-state index in [-0.39, 0.29) is 0 Å². The zero-order valence-electron chi connectivity index (χ0n) is 10.3. The van der Waals surface area contributed by atoms with Crippen LogP contribution in [0.3, 0.4) is 0 Å². The normalized spacial score (nSPS) is 9.60. The van der Waals surface area contributed by atoms with Gasteiger partial charge in [-0.25, -0.2) is 0 Å². The quantitative estimate of drug-likeness (QED) is 0.261. The molecule has 0 unspecified atom stereocenters. The molecular formula is C12H29ClN2. The lowest BCUT2D eigenvalue weighted by atomic mass is 10.1. The first-order valence-electron chi connectivity index (χ1n) is 6.31. The van der Waals surface area contributed by atoms with Crippen molar-refractivity contribution in [2.24, 2.45) is 11.7 Å². The molecule has 3 heteroatoms. The molecule has 0 aromatic rings. The summed E-state index contributed by atoms with van der Waals surface area (Å²) in [4.78, 5) is 0. The molecule has 0 rings (SSSR count). The van der Waals surface area contributed by atoms with Gasteiger partial charge in [0.2, 0.25) is 0 Å². The molecule has 0 radical (unpaired) electrons. The third kappa shape index (κ3) is 20.3. The fourth-order valence-electron chi connectivity index (χ4n) is 1.58. The molecule has 15 heavy (non-hydrogen) atoms. The Balaban J connectivity index is 0. The van der Waals surface area contributed by atoms with Crippen LogP contribution in [0.4, 0.5) is 0 Å². The minimum Gasteiger partial charge on any atom is -0.274 e. The van der Waals surface area contributed by atoms with Gasteiger partial charge in [-0.2, -0.15) is 0 Å². The van der Waals surface area contributed by atoms with Crippen molar-refractivity contribution in [1.29, 1.82) is 0 Å². The summed E-state index contributed by atoms with van der Waals surface area (Å²) in [6.45, 7) is 2.27. The number of rotatable bonds is 10. The van der Waals surface area contributed by atoms with Crippen molar-refractivity contribution >= 4 is 11.6 Å². The lowest BCUT2D eigenvalue weighted by Gasteiger charge is -2.00. The van der Waals surface area contributed by atoms with E-state index >= 15 is 0 Å². The van der Waals surface area contributed by atoms with E-state index in [1.807, 2.05) is 0 Å². The van der Waals surface area contributed by atoms with E-state index in [9.17, 15) is 0 Å². The highest BCUT2D eigenvalue weighted by atomic mass is 35.5. The predicted molar refractivity (Wildman–Crippen MR) is 70.9 cm³/mol. The average Bonchev–Trinajstić information content (AvgIpc) is 2.30. The number of nitrogens with two attached hydrogens (primary N) is 2. The second-order valence-corrected chi connectivity index (χ2v) is 4.25. The zero-order valence-corrected chi connectivity index (χ0v) is 11.1. The van der Waals surface area contributed by atoms with Gasteiger partial charge in [0.05, 0.1) is 0 Å². The smallest absolute Gasteiger partial charge is 0.0223 e. The molecule has 0 aromatic carbocycles. The number of hydrogen-bond donors (Lipinski definition) is 2. The maximum atomic E-state index is 5.60. The van der Waals surface area contributed by atoms with E-state index in [4.69, 9.17) is 11.6 Å². The molecule has 0 saturated heterocycles. The Kier molecular flexibility index (Phi) is 23.2. The highest BCUT2D eigenvalue weighted by Gasteiger charge is 1.91. The fourth-order valence-corrected chi connectivity index (χ4v) is 1.77. The largest absolute Gasteiger partial charge is 0.274 e. The van der Waals surface area contributed by atoms with Gasteiger partial charge >= 0.3 is 0 Å². The van der Waals surface area contributed by atoms with Gasteiger partial charge in [-0.1, -0.05) is 64.7 Å². The summed E-state index contributed by atoms with van der Waals surface area (Å²) in [5.74, 6) is 8.84. The van der Waals surface area contributed by atoms with Crippen LogP contribution in [-0.4, -0.2) is 5.88 Å². The standard InChI is InChI=1S/C12H25Cl.H4N2/c1-2-3-4-5-6-7-8-9-10-11-12-13;1-2/h2-12H2,1H3;1-2H2. The van der Waals surface area contributed by atoms with Gasteiger partial charge < -0.3 is 0 Å². The summed E-state index contributed by atoms with van der Waals surface area (Å²) < 4.78 is 0. The minimum atomic E-state index is 0.844. The first-order chi connectivity index (χ1) is 7.41. The topological polar surface area (TPSA) is 52.0 Å². The van der Waals surface area contributed by atoms with Gasteiger partial charge in [-0.3, -0.25) is 11.7 Å². The number of hydrogen-bond acceptors (Lipinski definition) is 2. The van der Waals surface area contributed by atoms with Crippen molar-refractivity contribution < 1.29 is 0 Å². The molecular weight excluding hydrogens is 208 g/mol. The van der Waals surface area contributed by atoms with Crippen LogP contribution in [0.2, 0.25) is 0 Å². The van der Waals surface area contributed by atoms with Crippen molar-refractivity contribution in [3.05, 3.63) is 0 Å². The summed E-state index contributed by atoms with van der Waals surface area (Å²) in [6, 6.07) is 0. The summed E-state index contributed by atoms with van der Waals surface area (Å²) in [5.41, 5.74) is 0. The molecule has 4 N–H and O–H groups in total. The Bertz CT molecular complexity index is 79.7. The second kappa shape index (κ2) is 19.7. The van der Waals surface area contributed by atoms with E-state index in [1.165, 1.54) is 64.2 Å². The van der Waals surface area contributed by atoms with Gasteiger partial charge in [-0.15, -0.1) is 11.6 Å². The van der Waals surface area contributed by atoms with E-state index in [2.05, 4.69) is 18.6 Å². The molecule has 0 spiro atoms. The maximum absolute atomic E-state index is 5.60. The van der Waals surface area contributed by atoms with Crippen LogP contribution in [-0.2, 0) is 0 Å². The molecule has 94 valence electrons. The third-order valence-electron chi connectivity index (χ3n) is 2.49. The molecule has 0 aliphatic carbocycles. The van der Waals surface area contributed by atoms with Crippen LogP contribution in [0.1, 0.15) is 71.1 Å². The first-order valence-corrected chi connectivity index (χ1v) is 6.84. The predicted octanol–water partition coefficient (Wildman–Crippen LogP) is 3.96. The highest BCUT2D eigenvalue weighted by Crippen LogP contribution is 2.10. The Morgan fingerprint density at radius 3 is 1.33 bits per heavy atom. The summed E-state index contributed by atoms with van der Waals surface area (Å²) >= 11 is 5.60. The van der Waals surface area contributed by atoms with Crippen LogP contribution >= 0.6 is 11.6 Å². The molecule has 0 saturated carbocycles. The van der Waals surface area contributed by atoms with Crippen molar-refractivity contribution in [1.82, 2.24) is 0 Å². The van der Waals surface area contributed by atoms with E-state index < -0.39 is 0 Å². The van der Waals surface area contributed by atoms with E-state index in [0.717, 1.165) is 5.88 Å². The zero-order chi connectivity index (χ0) is 11.8. The molecule has 0 aliphatic rings. The van der Waals surface area contributed by atoms with Crippen molar-refractivity contribution in [2.75, 3.05) is 5.88 Å². The molecule has 0 amide bonds. The van der Waals surface area contributed by atoms with Gasteiger partial charge in [0.25, 0.3) is 0 Å². The molecule has 0 aromatic heterocycles. The monoisotopic (exact) mass is 236 g/mol. The second-order valence-electron chi connectivity index (χ2n) is 3.87. The molecule has 2 nitrogen and oxygen atoms in total. The Morgan fingerprint density at radius 1 is 0.667 bits per heavy atom. The van der Waals surface area contributed by atoms with Crippen LogP contribution in [0.5, 0.6) is 0 Å². The molecule has 0 heterocycles. The van der Waals surface area contributed by atoms with Gasteiger partial charge in [-0.05, 0) is 6.42 Å².